The molecule has 0 heterocycles. The average Bonchev–Trinajstić information content (AvgIpc) is 2.57. The zero-order valence-electron chi connectivity index (χ0n) is 14.9. The van der Waals surface area contributed by atoms with Gasteiger partial charge in [-0.2, -0.15) is 0 Å². The molecule has 1 N–H and O–H groups in total. The Morgan fingerprint density at radius 1 is 1.08 bits per heavy atom. The molecule has 0 bridgehead atoms. The Bertz CT molecular complexity index is 697. The van der Waals surface area contributed by atoms with Gasteiger partial charge in [-0.15, -0.1) is 11.8 Å². The highest BCUT2D eigenvalue weighted by atomic mass is 32.2. The summed E-state index contributed by atoms with van der Waals surface area (Å²) in [5.41, 5.74) is 3.58. The van der Waals surface area contributed by atoms with Gasteiger partial charge in [-0.3, -0.25) is 4.79 Å². The molecule has 0 aliphatic carbocycles. The lowest BCUT2D eigenvalue weighted by molar-refractivity contribution is -0.120. The molecule has 2 unspecified atom stereocenters. The van der Waals surface area contributed by atoms with Crippen molar-refractivity contribution in [3.05, 3.63) is 59.2 Å². The Morgan fingerprint density at radius 2 is 1.75 bits per heavy atom. The van der Waals surface area contributed by atoms with Crippen molar-refractivity contribution in [2.24, 2.45) is 0 Å². The van der Waals surface area contributed by atoms with Gasteiger partial charge in [-0.05, 0) is 63.1 Å². The van der Waals surface area contributed by atoms with Gasteiger partial charge in [0.2, 0.25) is 5.91 Å². The van der Waals surface area contributed by atoms with Gasteiger partial charge in [0.05, 0.1) is 18.4 Å². The summed E-state index contributed by atoms with van der Waals surface area (Å²) in [7, 11) is 1.65. The Balaban J connectivity index is 1.98. The maximum absolute atomic E-state index is 12.5. The number of hydrogen-bond acceptors (Lipinski definition) is 3. The maximum Gasteiger partial charge on any atom is 0.233 e. The summed E-state index contributed by atoms with van der Waals surface area (Å²) in [4.78, 5) is 13.5. The van der Waals surface area contributed by atoms with E-state index in [-0.39, 0.29) is 17.2 Å². The second-order valence-electron chi connectivity index (χ2n) is 6.03. The number of aryl methyl sites for hydroxylation is 2. The predicted molar refractivity (Wildman–Crippen MR) is 101 cm³/mol. The van der Waals surface area contributed by atoms with Crippen LogP contribution in [-0.4, -0.2) is 18.3 Å². The normalized spacial score (nSPS) is 13.2. The molecule has 2 atom stereocenters. The van der Waals surface area contributed by atoms with Crippen LogP contribution in [0.3, 0.4) is 0 Å². The monoisotopic (exact) mass is 343 g/mol. The van der Waals surface area contributed by atoms with Crippen LogP contribution in [0.15, 0.2) is 47.4 Å². The van der Waals surface area contributed by atoms with Crippen molar-refractivity contribution >= 4 is 17.7 Å². The summed E-state index contributed by atoms with van der Waals surface area (Å²) < 4.78 is 5.16. The minimum Gasteiger partial charge on any atom is -0.497 e. The minimum absolute atomic E-state index is 0.00341. The summed E-state index contributed by atoms with van der Waals surface area (Å²) in [5.74, 6) is 0.865. The van der Waals surface area contributed by atoms with E-state index in [2.05, 4.69) is 37.4 Å². The number of hydrogen-bond donors (Lipinski definition) is 1. The van der Waals surface area contributed by atoms with E-state index < -0.39 is 0 Å². The van der Waals surface area contributed by atoms with Crippen molar-refractivity contribution < 1.29 is 9.53 Å². The number of methoxy groups -OCH3 is 1. The molecule has 2 rings (SSSR count). The standard InChI is InChI=1S/C20H25NO2S/c1-13-6-7-14(2)19(12-13)15(3)21-20(22)16(4)24-18-10-8-17(23-5)9-11-18/h6-12,15-16H,1-5H3,(H,21,22). The number of ether oxygens (including phenoxy) is 1. The molecule has 2 aromatic carbocycles. The Hall–Kier alpha value is -1.94. The van der Waals surface area contributed by atoms with Crippen LogP contribution in [0.5, 0.6) is 5.75 Å². The van der Waals surface area contributed by atoms with Crippen molar-refractivity contribution in [2.75, 3.05) is 7.11 Å². The summed E-state index contributed by atoms with van der Waals surface area (Å²) >= 11 is 1.55. The Kier molecular flexibility index (Phi) is 6.32. The van der Waals surface area contributed by atoms with Gasteiger partial charge in [0.1, 0.15) is 5.75 Å². The topological polar surface area (TPSA) is 38.3 Å². The van der Waals surface area contributed by atoms with Crippen molar-refractivity contribution in [2.45, 2.75) is 43.9 Å². The van der Waals surface area contributed by atoms with Crippen LogP contribution in [0.2, 0.25) is 0 Å². The smallest absolute Gasteiger partial charge is 0.233 e. The zero-order valence-corrected chi connectivity index (χ0v) is 15.7. The fourth-order valence-corrected chi connectivity index (χ4v) is 3.42. The molecular weight excluding hydrogens is 318 g/mol. The van der Waals surface area contributed by atoms with Crippen molar-refractivity contribution in [1.29, 1.82) is 0 Å². The number of thioether (sulfide) groups is 1. The molecule has 0 aromatic heterocycles. The molecule has 4 heteroatoms. The first kappa shape index (κ1) is 18.4. The quantitative estimate of drug-likeness (QED) is 0.775. The van der Waals surface area contributed by atoms with Crippen LogP contribution >= 0.6 is 11.8 Å². The number of nitrogens with one attached hydrogen (secondary N) is 1. The highest BCUT2D eigenvalue weighted by Crippen LogP contribution is 2.26. The van der Waals surface area contributed by atoms with Crippen LogP contribution in [0.1, 0.15) is 36.6 Å². The van der Waals surface area contributed by atoms with E-state index in [0.717, 1.165) is 10.6 Å². The second kappa shape index (κ2) is 8.25. The lowest BCUT2D eigenvalue weighted by atomic mass is 10.00. The fourth-order valence-electron chi connectivity index (χ4n) is 2.55. The van der Waals surface area contributed by atoms with Gasteiger partial charge in [-0.25, -0.2) is 0 Å². The van der Waals surface area contributed by atoms with Gasteiger partial charge in [0.25, 0.3) is 0 Å². The van der Waals surface area contributed by atoms with Gasteiger partial charge in [0, 0.05) is 4.90 Å². The van der Waals surface area contributed by atoms with Crippen LogP contribution in [0.25, 0.3) is 0 Å². The van der Waals surface area contributed by atoms with E-state index in [1.165, 1.54) is 16.7 Å². The van der Waals surface area contributed by atoms with Crippen LogP contribution in [0.4, 0.5) is 0 Å². The largest absolute Gasteiger partial charge is 0.497 e. The van der Waals surface area contributed by atoms with Gasteiger partial charge >= 0.3 is 0 Å². The molecule has 0 saturated heterocycles. The molecule has 0 saturated carbocycles. The van der Waals surface area contributed by atoms with Crippen LogP contribution in [-0.2, 0) is 4.79 Å². The van der Waals surface area contributed by atoms with Gasteiger partial charge in [0.15, 0.2) is 0 Å². The first-order valence-electron chi connectivity index (χ1n) is 8.09. The number of rotatable bonds is 6. The molecule has 128 valence electrons. The lowest BCUT2D eigenvalue weighted by Gasteiger charge is -2.20. The minimum atomic E-state index is -0.161. The summed E-state index contributed by atoms with van der Waals surface area (Å²) in [6, 6.07) is 14.1. The Labute approximate surface area is 148 Å². The van der Waals surface area contributed by atoms with Gasteiger partial charge in [-0.1, -0.05) is 23.8 Å². The SMILES string of the molecule is COc1ccc(SC(C)C(=O)NC(C)c2cc(C)ccc2C)cc1. The average molecular weight is 343 g/mol. The maximum atomic E-state index is 12.5. The number of carbonyl (C=O) groups excluding carboxylic acids is 1. The third-order valence-corrected chi connectivity index (χ3v) is 5.11. The number of amides is 1. The summed E-state index contributed by atoms with van der Waals surface area (Å²) in [5, 5.41) is 2.96. The van der Waals surface area contributed by atoms with E-state index in [9.17, 15) is 4.79 Å². The van der Waals surface area contributed by atoms with Crippen LogP contribution in [0, 0.1) is 13.8 Å². The third-order valence-electron chi connectivity index (χ3n) is 4.00. The molecule has 0 radical (unpaired) electrons. The first-order chi connectivity index (χ1) is 11.4. The summed E-state index contributed by atoms with van der Waals surface area (Å²) in [6.07, 6.45) is 0. The highest BCUT2D eigenvalue weighted by molar-refractivity contribution is 8.00. The van der Waals surface area contributed by atoms with E-state index in [1.807, 2.05) is 38.1 Å². The number of benzene rings is 2. The van der Waals surface area contributed by atoms with Crippen molar-refractivity contribution in [1.82, 2.24) is 5.32 Å². The molecular formula is C20H25NO2S. The zero-order chi connectivity index (χ0) is 17.7. The first-order valence-corrected chi connectivity index (χ1v) is 8.97. The van der Waals surface area contributed by atoms with E-state index >= 15 is 0 Å². The molecule has 24 heavy (non-hydrogen) atoms. The molecule has 2 aromatic rings. The molecule has 0 aliphatic rings. The highest BCUT2D eigenvalue weighted by Gasteiger charge is 2.18. The Morgan fingerprint density at radius 3 is 2.38 bits per heavy atom. The molecule has 0 spiro atoms. The van der Waals surface area contributed by atoms with E-state index in [1.54, 1.807) is 18.9 Å². The van der Waals surface area contributed by atoms with Gasteiger partial charge < -0.3 is 10.1 Å². The van der Waals surface area contributed by atoms with E-state index in [4.69, 9.17) is 4.74 Å². The van der Waals surface area contributed by atoms with E-state index in [0.29, 0.717) is 0 Å². The second-order valence-corrected chi connectivity index (χ2v) is 7.44. The molecule has 1 amide bonds. The fraction of sp³-hybridized carbons (Fsp3) is 0.350. The van der Waals surface area contributed by atoms with Crippen molar-refractivity contribution in [3.8, 4) is 5.75 Å². The number of carbonyl (C=O) groups is 1. The van der Waals surface area contributed by atoms with Crippen LogP contribution < -0.4 is 10.1 Å². The third kappa shape index (κ3) is 4.78. The van der Waals surface area contributed by atoms with Crippen molar-refractivity contribution in [3.63, 3.8) is 0 Å². The molecule has 0 fully saturated rings. The molecule has 0 aliphatic heterocycles. The predicted octanol–water partition coefficient (Wildman–Crippen LogP) is 4.67. The molecule has 3 nitrogen and oxygen atoms in total. The lowest BCUT2D eigenvalue weighted by Crippen LogP contribution is -2.33. The summed E-state index contributed by atoms with van der Waals surface area (Å²) in [6.45, 7) is 8.11.